The lowest BCUT2D eigenvalue weighted by molar-refractivity contribution is 0.102. The molecule has 3 aromatic carbocycles. The van der Waals surface area contributed by atoms with Crippen LogP contribution in [0.25, 0.3) is 0 Å². The molecule has 4 rings (SSSR count). The Hall–Kier alpha value is -3.16. The number of carbonyl (C=O) groups is 1. The van der Waals surface area contributed by atoms with Crippen molar-refractivity contribution in [3.05, 3.63) is 84.4 Å². The summed E-state index contributed by atoms with van der Waals surface area (Å²) in [5, 5.41) is 6.07. The van der Waals surface area contributed by atoms with E-state index in [1.165, 1.54) is 12.1 Å². The lowest BCUT2D eigenvalue weighted by Gasteiger charge is -2.10. The van der Waals surface area contributed by atoms with E-state index in [9.17, 15) is 13.2 Å². The van der Waals surface area contributed by atoms with Gasteiger partial charge in [0.15, 0.2) is 0 Å². The van der Waals surface area contributed by atoms with Crippen LogP contribution in [-0.4, -0.2) is 20.4 Å². The zero-order chi connectivity index (χ0) is 20.3. The molecule has 7 heteroatoms. The van der Waals surface area contributed by atoms with Crippen molar-refractivity contribution in [3.63, 3.8) is 0 Å². The smallest absolute Gasteiger partial charge is 0.255 e. The van der Waals surface area contributed by atoms with Gasteiger partial charge in [-0.2, -0.15) is 0 Å². The van der Waals surface area contributed by atoms with Crippen LogP contribution in [-0.2, 0) is 10.0 Å². The standard InChI is InChI=1S/C22H21N3O3S/c26-22(16-5-4-8-21(15-16)29(27,28)25-20-13-14-20)24-19-11-9-18(10-12-19)23-17-6-2-1-3-7-17/h1-12,15,20,23,25H,13-14H2,(H,24,26). The number of nitrogens with one attached hydrogen (secondary N) is 3. The van der Waals surface area contributed by atoms with Gasteiger partial charge in [0.2, 0.25) is 10.0 Å². The maximum absolute atomic E-state index is 12.6. The fourth-order valence-corrected chi connectivity index (χ4v) is 4.17. The molecule has 0 aromatic heterocycles. The first kappa shape index (κ1) is 19.2. The van der Waals surface area contributed by atoms with Crippen molar-refractivity contribution in [1.82, 2.24) is 4.72 Å². The van der Waals surface area contributed by atoms with Crippen LogP contribution in [0.1, 0.15) is 23.2 Å². The van der Waals surface area contributed by atoms with Crippen molar-refractivity contribution in [3.8, 4) is 0 Å². The number of anilines is 3. The van der Waals surface area contributed by atoms with Gasteiger partial charge in [0.1, 0.15) is 0 Å². The highest BCUT2D eigenvalue weighted by molar-refractivity contribution is 7.89. The van der Waals surface area contributed by atoms with Crippen LogP contribution in [0.5, 0.6) is 0 Å². The van der Waals surface area contributed by atoms with Crippen molar-refractivity contribution >= 4 is 33.0 Å². The predicted octanol–water partition coefficient (Wildman–Crippen LogP) is 4.12. The molecule has 0 radical (unpaired) electrons. The number of hydrogen-bond acceptors (Lipinski definition) is 4. The first-order chi connectivity index (χ1) is 14.0. The first-order valence-corrected chi connectivity index (χ1v) is 10.8. The summed E-state index contributed by atoms with van der Waals surface area (Å²) in [5.41, 5.74) is 2.78. The fraction of sp³-hybridized carbons (Fsp3) is 0.136. The van der Waals surface area contributed by atoms with Gasteiger partial charge in [-0.3, -0.25) is 4.79 Å². The van der Waals surface area contributed by atoms with Gasteiger partial charge in [0.05, 0.1) is 4.90 Å². The molecule has 1 aliphatic rings. The summed E-state index contributed by atoms with van der Waals surface area (Å²) in [6.07, 6.45) is 1.71. The monoisotopic (exact) mass is 407 g/mol. The highest BCUT2D eigenvalue weighted by atomic mass is 32.2. The zero-order valence-electron chi connectivity index (χ0n) is 15.6. The molecule has 0 unspecified atom stereocenters. The number of sulfonamides is 1. The molecule has 0 heterocycles. The van der Waals surface area contributed by atoms with Gasteiger partial charge in [-0.25, -0.2) is 13.1 Å². The molecular formula is C22H21N3O3S. The number of hydrogen-bond donors (Lipinski definition) is 3. The van der Waals surface area contributed by atoms with Gasteiger partial charge in [-0.15, -0.1) is 0 Å². The molecule has 1 fully saturated rings. The molecule has 0 saturated heterocycles. The van der Waals surface area contributed by atoms with E-state index >= 15 is 0 Å². The van der Waals surface area contributed by atoms with E-state index in [0.29, 0.717) is 5.69 Å². The van der Waals surface area contributed by atoms with E-state index in [-0.39, 0.29) is 22.4 Å². The van der Waals surface area contributed by atoms with Crippen LogP contribution in [0.2, 0.25) is 0 Å². The fourth-order valence-electron chi connectivity index (χ4n) is 2.82. The normalized spacial score (nSPS) is 13.7. The molecule has 0 bridgehead atoms. The summed E-state index contributed by atoms with van der Waals surface area (Å²) >= 11 is 0. The Balaban J connectivity index is 1.43. The predicted molar refractivity (Wildman–Crippen MR) is 114 cm³/mol. The summed E-state index contributed by atoms with van der Waals surface area (Å²) in [4.78, 5) is 12.7. The number of benzene rings is 3. The van der Waals surface area contributed by atoms with Crippen LogP contribution in [0.15, 0.2) is 83.8 Å². The molecule has 3 N–H and O–H groups in total. The minimum absolute atomic E-state index is 0.0143. The molecule has 0 aliphatic heterocycles. The Morgan fingerprint density at radius 1 is 0.793 bits per heavy atom. The summed E-state index contributed by atoms with van der Waals surface area (Å²) < 4.78 is 27.3. The van der Waals surface area contributed by atoms with Crippen molar-refractivity contribution in [1.29, 1.82) is 0 Å². The van der Waals surface area contributed by atoms with Gasteiger partial charge in [-0.1, -0.05) is 24.3 Å². The number of para-hydroxylation sites is 1. The van der Waals surface area contributed by atoms with Gasteiger partial charge in [0.25, 0.3) is 5.91 Å². The van der Waals surface area contributed by atoms with Gasteiger partial charge >= 0.3 is 0 Å². The lowest BCUT2D eigenvalue weighted by Crippen LogP contribution is -2.26. The van der Waals surface area contributed by atoms with E-state index in [2.05, 4.69) is 15.4 Å². The van der Waals surface area contributed by atoms with Crippen LogP contribution < -0.4 is 15.4 Å². The molecule has 0 atom stereocenters. The molecule has 1 amide bonds. The SMILES string of the molecule is O=C(Nc1ccc(Nc2ccccc2)cc1)c1cccc(S(=O)(=O)NC2CC2)c1. The molecule has 1 aliphatic carbocycles. The van der Waals surface area contributed by atoms with Crippen molar-refractivity contribution in [2.45, 2.75) is 23.8 Å². The second-order valence-corrected chi connectivity index (χ2v) is 8.66. The summed E-state index contributed by atoms with van der Waals surface area (Å²) in [5.74, 6) is -0.364. The Morgan fingerprint density at radius 2 is 1.45 bits per heavy atom. The number of rotatable bonds is 7. The lowest BCUT2D eigenvalue weighted by atomic mass is 10.2. The number of amides is 1. The molecule has 3 aromatic rings. The molecular weight excluding hydrogens is 386 g/mol. The molecule has 1 saturated carbocycles. The second kappa shape index (κ2) is 8.06. The third kappa shape index (κ3) is 5.01. The van der Waals surface area contributed by atoms with Crippen molar-refractivity contribution < 1.29 is 13.2 Å². The Kier molecular flexibility index (Phi) is 5.33. The van der Waals surface area contributed by atoms with Gasteiger partial charge in [-0.05, 0) is 67.4 Å². The first-order valence-electron chi connectivity index (χ1n) is 9.35. The minimum atomic E-state index is -3.60. The molecule has 148 valence electrons. The van der Waals surface area contributed by atoms with E-state index in [0.717, 1.165) is 24.2 Å². The van der Waals surface area contributed by atoms with Crippen LogP contribution >= 0.6 is 0 Å². The average Bonchev–Trinajstić information content (AvgIpc) is 3.54. The largest absolute Gasteiger partial charge is 0.356 e. The molecule has 29 heavy (non-hydrogen) atoms. The summed E-state index contributed by atoms with van der Waals surface area (Å²) in [6.45, 7) is 0. The van der Waals surface area contributed by atoms with Crippen molar-refractivity contribution in [2.24, 2.45) is 0 Å². The zero-order valence-corrected chi connectivity index (χ0v) is 16.4. The quantitative estimate of drug-likeness (QED) is 0.550. The Bertz CT molecular complexity index is 1110. The van der Waals surface area contributed by atoms with Crippen molar-refractivity contribution in [2.75, 3.05) is 10.6 Å². The van der Waals surface area contributed by atoms with E-state index in [1.54, 1.807) is 24.3 Å². The third-order valence-corrected chi connectivity index (χ3v) is 6.03. The Morgan fingerprint density at radius 3 is 2.14 bits per heavy atom. The van der Waals surface area contributed by atoms with E-state index in [1.807, 2.05) is 42.5 Å². The topological polar surface area (TPSA) is 87.3 Å². The van der Waals surface area contributed by atoms with E-state index < -0.39 is 10.0 Å². The maximum Gasteiger partial charge on any atom is 0.255 e. The summed E-state index contributed by atoms with van der Waals surface area (Å²) in [7, 11) is -3.60. The van der Waals surface area contributed by atoms with Gasteiger partial charge < -0.3 is 10.6 Å². The number of carbonyl (C=O) groups excluding carboxylic acids is 1. The van der Waals surface area contributed by atoms with Crippen LogP contribution in [0.3, 0.4) is 0 Å². The molecule has 0 spiro atoms. The summed E-state index contributed by atoms with van der Waals surface area (Å²) in [6, 6.07) is 23.2. The highest BCUT2D eigenvalue weighted by Gasteiger charge is 2.28. The minimum Gasteiger partial charge on any atom is -0.356 e. The maximum atomic E-state index is 12.6. The van der Waals surface area contributed by atoms with Crippen LogP contribution in [0.4, 0.5) is 17.1 Å². The van der Waals surface area contributed by atoms with E-state index in [4.69, 9.17) is 0 Å². The van der Waals surface area contributed by atoms with Crippen LogP contribution in [0, 0.1) is 0 Å². The third-order valence-electron chi connectivity index (χ3n) is 4.51. The average molecular weight is 407 g/mol. The Labute approximate surface area is 170 Å². The highest BCUT2D eigenvalue weighted by Crippen LogP contribution is 2.23. The molecule has 6 nitrogen and oxygen atoms in total. The van der Waals surface area contributed by atoms with Gasteiger partial charge in [0, 0.05) is 28.7 Å². The second-order valence-electron chi connectivity index (χ2n) is 6.95.